The number of carboxylic acids is 1. The van der Waals surface area contributed by atoms with E-state index in [0.29, 0.717) is 12.5 Å². The SMILES string of the molecule is Cl.NCC(C(=O)O)C1CCC1. The van der Waals surface area contributed by atoms with E-state index in [4.69, 9.17) is 10.8 Å². The average Bonchev–Trinajstić information content (AvgIpc) is 1.76. The van der Waals surface area contributed by atoms with Gasteiger partial charge in [-0.05, 0) is 18.8 Å². The molecule has 1 saturated carbocycles. The van der Waals surface area contributed by atoms with E-state index in [1.807, 2.05) is 0 Å². The normalized spacial score (nSPS) is 19.7. The summed E-state index contributed by atoms with van der Waals surface area (Å²) in [5, 5.41) is 8.63. The Bertz CT molecular complexity index is 136. The van der Waals surface area contributed by atoms with Gasteiger partial charge in [-0.15, -0.1) is 12.4 Å². The first-order chi connectivity index (χ1) is 4.75. The molecule has 66 valence electrons. The highest BCUT2D eigenvalue weighted by atomic mass is 35.5. The topological polar surface area (TPSA) is 63.3 Å². The van der Waals surface area contributed by atoms with Crippen LogP contribution in [0.25, 0.3) is 0 Å². The van der Waals surface area contributed by atoms with E-state index in [-0.39, 0.29) is 18.3 Å². The van der Waals surface area contributed by atoms with Crippen molar-refractivity contribution in [3.63, 3.8) is 0 Å². The summed E-state index contributed by atoms with van der Waals surface area (Å²) in [6, 6.07) is 0. The van der Waals surface area contributed by atoms with Gasteiger partial charge in [0.2, 0.25) is 0 Å². The van der Waals surface area contributed by atoms with Gasteiger partial charge in [-0.1, -0.05) is 6.42 Å². The molecule has 4 heteroatoms. The molecule has 0 spiro atoms. The molecule has 1 fully saturated rings. The van der Waals surface area contributed by atoms with Gasteiger partial charge in [0.1, 0.15) is 0 Å². The summed E-state index contributed by atoms with van der Waals surface area (Å²) in [6.07, 6.45) is 3.27. The van der Waals surface area contributed by atoms with Crippen molar-refractivity contribution in [2.75, 3.05) is 6.54 Å². The first kappa shape index (κ1) is 10.7. The second-order valence-corrected chi connectivity index (χ2v) is 2.87. The van der Waals surface area contributed by atoms with Crippen LogP contribution in [0.3, 0.4) is 0 Å². The Morgan fingerprint density at radius 2 is 2.18 bits per heavy atom. The van der Waals surface area contributed by atoms with Crippen LogP contribution in [0, 0.1) is 11.8 Å². The van der Waals surface area contributed by atoms with Gasteiger partial charge in [0, 0.05) is 6.54 Å². The fourth-order valence-electron chi connectivity index (χ4n) is 1.34. The molecule has 1 atom stereocenters. The summed E-state index contributed by atoms with van der Waals surface area (Å²) in [4.78, 5) is 10.5. The predicted octanol–water partition coefficient (Wildman–Crippen LogP) is 0.868. The minimum atomic E-state index is -0.729. The lowest BCUT2D eigenvalue weighted by atomic mass is 9.76. The summed E-state index contributed by atoms with van der Waals surface area (Å²) in [5.74, 6) is -0.650. The molecule has 3 nitrogen and oxygen atoms in total. The van der Waals surface area contributed by atoms with Crippen LogP contribution in [0.4, 0.5) is 0 Å². The minimum Gasteiger partial charge on any atom is -0.481 e. The second-order valence-electron chi connectivity index (χ2n) is 2.87. The molecule has 1 unspecified atom stereocenters. The average molecular weight is 180 g/mol. The van der Waals surface area contributed by atoms with Gasteiger partial charge in [0.15, 0.2) is 0 Å². The van der Waals surface area contributed by atoms with E-state index in [0.717, 1.165) is 12.8 Å². The minimum absolute atomic E-state index is 0. The largest absolute Gasteiger partial charge is 0.481 e. The lowest BCUT2D eigenvalue weighted by Gasteiger charge is -2.30. The van der Waals surface area contributed by atoms with Gasteiger partial charge in [-0.25, -0.2) is 0 Å². The molecule has 0 aromatic carbocycles. The molecule has 1 aliphatic rings. The van der Waals surface area contributed by atoms with Crippen molar-refractivity contribution < 1.29 is 9.90 Å². The van der Waals surface area contributed by atoms with Gasteiger partial charge in [-0.3, -0.25) is 4.79 Å². The van der Waals surface area contributed by atoms with E-state index >= 15 is 0 Å². The van der Waals surface area contributed by atoms with Crippen molar-refractivity contribution in [2.45, 2.75) is 19.3 Å². The first-order valence-corrected chi connectivity index (χ1v) is 3.68. The maximum Gasteiger partial charge on any atom is 0.308 e. The first-order valence-electron chi connectivity index (χ1n) is 3.68. The molecule has 1 aliphatic carbocycles. The van der Waals surface area contributed by atoms with Crippen LogP contribution in [0.15, 0.2) is 0 Å². The Hall–Kier alpha value is -0.280. The third-order valence-corrected chi connectivity index (χ3v) is 2.29. The van der Waals surface area contributed by atoms with Crippen molar-refractivity contribution in [1.82, 2.24) is 0 Å². The third kappa shape index (κ3) is 2.34. The molecule has 0 aromatic rings. The van der Waals surface area contributed by atoms with E-state index in [9.17, 15) is 4.79 Å². The van der Waals surface area contributed by atoms with Crippen LogP contribution in [0.5, 0.6) is 0 Å². The quantitative estimate of drug-likeness (QED) is 0.676. The summed E-state index contributed by atoms with van der Waals surface area (Å²) in [5.41, 5.74) is 5.30. The van der Waals surface area contributed by atoms with Crippen LogP contribution in [-0.2, 0) is 4.79 Å². The molecule has 1 rings (SSSR count). The number of hydrogen-bond donors (Lipinski definition) is 2. The van der Waals surface area contributed by atoms with E-state index in [2.05, 4.69) is 0 Å². The zero-order valence-electron chi connectivity index (χ0n) is 6.32. The molecular formula is C7H14ClNO2. The van der Waals surface area contributed by atoms with Gasteiger partial charge >= 0.3 is 5.97 Å². The van der Waals surface area contributed by atoms with E-state index in [1.54, 1.807) is 0 Å². The maximum absolute atomic E-state index is 10.5. The molecule has 11 heavy (non-hydrogen) atoms. The number of rotatable bonds is 3. The van der Waals surface area contributed by atoms with Crippen molar-refractivity contribution in [3.05, 3.63) is 0 Å². The monoisotopic (exact) mass is 179 g/mol. The Labute approximate surface area is 72.4 Å². The van der Waals surface area contributed by atoms with Gasteiger partial charge < -0.3 is 10.8 Å². The summed E-state index contributed by atoms with van der Waals surface area (Å²) >= 11 is 0. The zero-order chi connectivity index (χ0) is 7.56. The van der Waals surface area contributed by atoms with Crippen LogP contribution in [0.2, 0.25) is 0 Å². The number of halogens is 1. The summed E-state index contributed by atoms with van der Waals surface area (Å²) in [6.45, 7) is 0.292. The van der Waals surface area contributed by atoms with Crippen LogP contribution in [0.1, 0.15) is 19.3 Å². The van der Waals surface area contributed by atoms with Crippen LogP contribution < -0.4 is 5.73 Å². The molecule has 0 heterocycles. The molecule has 0 radical (unpaired) electrons. The van der Waals surface area contributed by atoms with Crippen molar-refractivity contribution in [2.24, 2.45) is 17.6 Å². The Balaban J connectivity index is 0.000001000. The fraction of sp³-hybridized carbons (Fsp3) is 0.857. The fourth-order valence-corrected chi connectivity index (χ4v) is 1.34. The number of carbonyl (C=O) groups is 1. The van der Waals surface area contributed by atoms with Crippen LogP contribution >= 0.6 is 12.4 Å². The van der Waals surface area contributed by atoms with Crippen LogP contribution in [-0.4, -0.2) is 17.6 Å². The smallest absolute Gasteiger partial charge is 0.308 e. The van der Waals surface area contributed by atoms with E-state index in [1.165, 1.54) is 6.42 Å². The highest BCUT2D eigenvalue weighted by Crippen LogP contribution is 2.32. The summed E-state index contributed by atoms with van der Waals surface area (Å²) in [7, 11) is 0. The molecule has 0 bridgehead atoms. The van der Waals surface area contributed by atoms with E-state index < -0.39 is 5.97 Å². The highest BCUT2D eigenvalue weighted by molar-refractivity contribution is 5.85. The standard InChI is InChI=1S/C7H13NO2.ClH/c8-4-6(7(9)10)5-2-1-3-5;/h5-6H,1-4,8H2,(H,9,10);1H. The molecule has 0 saturated heterocycles. The lowest BCUT2D eigenvalue weighted by Crippen LogP contribution is -2.34. The number of nitrogens with two attached hydrogens (primary N) is 1. The number of aliphatic carboxylic acids is 1. The summed E-state index contributed by atoms with van der Waals surface area (Å²) < 4.78 is 0. The van der Waals surface area contributed by atoms with Gasteiger partial charge in [0.25, 0.3) is 0 Å². The molecule has 0 aliphatic heterocycles. The molecular weight excluding hydrogens is 166 g/mol. The Morgan fingerprint density at radius 1 is 1.64 bits per heavy atom. The third-order valence-electron chi connectivity index (χ3n) is 2.29. The number of hydrogen-bond acceptors (Lipinski definition) is 2. The maximum atomic E-state index is 10.5. The second kappa shape index (κ2) is 4.57. The predicted molar refractivity (Wildman–Crippen MR) is 44.8 cm³/mol. The molecule has 0 aromatic heterocycles. The van der Waals surface area contributed by atoms with Crippen molar-refractivity contribution in [3.8, 4) is 0 Å². The Morgan fingerprint density at radius 3 is 2.27 bits per heavy atom. The van der Waals surface area contributed by atoms with Crippen molar-refractivity contribution >= 4 is 18.4 Å². The van der Waals surface area contributed by atoms with Gasteiger partial charge in [0.05, 0.1) is 5.92 Å². The molecule has 3 N–H and O–H groups in total. The molecule has 0 amide bonds. The highest BCUT2D eigenvalue weighted by Gasteiger charge is 2.30. The van der Waals surface area contributed by atoms with Gasteiger partial charge in [-0.2, -0.15) is 0 Å². The Kier molecular flexibility index (Phi) is 4.45. The number of carboxylic acid groups (broad SMARTS) is 1. The lowest BCUT2D eigenvalue weighted by molar-refractivity contribution is -0.144. The zero-order valence-corrected chi connectivity index (χ0v) is 7.14. The van der Waals surface area contributed by atoms with Crippen molar-refractivity contribution in [1.29, 1.82) is 0 Å².